The molecule has 0 aliphatic heterocycles. The van der Waals surface area contributed by atoms with E-state index in [-0.39, 0.29) is 12.4 Å². The van der Waals surface area contributed by atoms with Crippen molar-refractivity contribution in [3.8, 4) is 0 Å². The fourth-order valence-electron chi connectivity index (χ4n) is 3.91. The summed E-state index contributed by atoms with van der Waals surface area (Å²) in [4.78, 5) is 42.9. The van der Waals surface area contributed by atoms with Gasteiger partial charge < -0.3 is 15.0 Å². The first-order valence-corrected chi connectivity index (χ1v) is 10.4. The average Bonchev–Trinajstić information content (AvgIpc) is 3.00. The van der Waals surface area contributed by atoms with Crippen molar-refractivity contribution in [3.63, 3.8) is 0 Å². The molecule has 0 spiro atoms. The molecule has 1 saturated carbocycles. The normalized spacial score (nSPS) is 14.8. The number of nitrogens with one attached hydrogen (secondary N) is 3. The minimum Gasteiger partial charge on any atom is -0.481 e. The molecule has 158 valence electrons. The van der Waals surface area contributed by atoms with E-state index >= 15 is 0 Å². The molecule has 2 amide bonds. The second-order valence-electron chi connectivity index (χ2n) is 7.71. The molecule has 0 atom stereocenters. The molecule has 3 rings (SSSR count). The van der Waals surface area contributed by atoms with E-state index in [1.54, 1.807) is 6.07 Å². The number of H-pyrrole nitrogens is 1. The first-order valence-electron chi connectivity index (χ1n) is 10.4. The largest absolute Gasteiger partial charge is 0.481 e. The van der Waals surface area contributed by atoms with Crippen LogP contribution in [0.5, 0.6) is 0 Å². The second-order valence-corrected chi connectivity index (χ2v) is 7.71. The van der Waals surface area contributed by atoms with E-state index in [1.807, 2.05) is 11.5 Å². The lowest BCUT2D eigenvalue weighted by atomic mass is 9.89. The molecule has 1 fully saturated rings. The molecule has 9 nitrogen and oxygen atoms in total. The zero-order valence-corrected chi connectivity index (χ0v) is 16.8. The van der Waals surface area contributed by atoms with E-state index in [0.717, 1.165) is 38.5 Å². The van der Waals surface area contributed by atoms with Gasteiger partial charge in [0, 0.05) is 18.8 Å². The topological polar surface area (TPSA) is 129 Å². The third-order valence-corrected chi connectivity index (χ3v) is 5.39. The number of nitrogens with zero attached hydrogens (tertiary/aromatic N) is 2. The Labute approximate surface area is 168 Å². The first-order chi connectivity index (χ1) is 14.0. The van der Waals surface area contributed by atoms with Gasteiger partial charge in [-0.3, -0.25) is 19.9 Å². The quantitative estimate of drug-likeness (QED) is 0.504. The maximum absolute atomic E-state index is 12.6. The summed E-state index contributed by atoms with van der Waals surface area (Å²) in [6, 6.07) is 1.17. The summed E-state index contributed by atoms with van der Waals surface area (Å²) in [7, 11) is 0. The van der Waals surface area contributed by atoms with Crippen LogP contribution in [-0.2, 0) is 17.8 Å². The number of fused-ring (bicyclic) bond motifs is 1. The van der Waals surface area contributed by atoms with Crippen molar-refractivity contribution in [2.45, 2.75) is 64.8 Å². The standard InChI is InChI=1S/C20H29N5O4/c1-2-3-9-21-20(29)24-19-22-17-15(18(28)23-19)10-14(11-16(26)27)25(17)12-13-7-5-4-6-8-13/h10,13H,2-9,11-12H2,1H3,(H,26,27)(H3,21,22,23,24,28,29). The molecule has 2 heterocycles. The van der Waals surface area contributed by atoms with Gasteiger partial charge in [-0.15, -0.1) is 0 Å². The van der Waals surface area contributed by atoms with Crippen LogP contribution < -0.4 is 16.2 Å². The van der Waals surface area contributed by atoms with Crippen LogP contribution in [0.1, 0.15) is 57.6 Å². The number of carboxylic acids is 1. The summed E-state index contributed by atoms with van der Waals surface area (Å²) in [6.45, 7) is 3.20. The van der Waals surface area contributed by atoms with E-state index in [4.69, 9.17) is 0 Å². The molecule has 0 saturated heterocycles. The molecule has 0 unspecified atom stereocenters. The number of hydrogen-bond donors (Lipinski definition) is 4. The van der Waals surface area contributed by atoms with Crippen molar-refractivity contribution >= 4 is 29.0 Å². The Morgan fingerprint density at radius 1 is 1.31 bits per heavy atom. The molecular weight excluding hydrogens is 374 g/mol. The minimum absolute atomic E-state index is 0.0568. The van der Waals surface area contributed by atoms with E-state index in [1.165, 1.54) is 6.42 Å². The van der Waals surface area contributed by atoms with Gasteiger partial charge in [-0.25, -0.2) is 4.79 Å². The van der Waals surface area contributed by atoms with Gasteiger partial charge in [0.15, 0.2) is 0 Å². The Morgan fingerprint density at radius 3 is 2.76 bits per heavy atom. The maximum Gasteiger partial charge on any atom is 0.321 e. The van der Waals surface area contributed by atoms with E-state index < -0.39 is 17.6 Å². The predicted molar refractivity (Wildman–Crippen MR) is 110 cm³/mol. The van der Waals surface area contributed by atoms with Crippen molar-refractivity contribution in [2.75, 3.05) is 11.9 Å². The zero-order chi connectivity index (χ0) is 20.8. The van der Waals surface area contributed by atoms with Crippen LogP contribution in [-0.4, -0.2) is 38.2 Å². The number of carbonyl (C=O) groups excluding carboxylic acids is 1. The lowest BCUT2D eigenvalue weighted by Crippen LogP contribution is -2.31. The van der Waals surface area contributed by atoms with Crippen LogP contribution in [0.3, 0.4) is 0 Å². The fraction of sp³-hybridized carbons (Fsp3) is 0.600. The number of aromatic amines is 1. The Hall–Kier alpha value is -2.84. The molecule has 0 bridgehead atoms. The van der Waals surface area contributed by atoms with Gasteiger partial charge in [-0.2, -0.15) is 4.98 Å². The van der Waals surface area contributed by atoms with Crippen molar-refractivity contribution in [3.05, 3.63) is 22.1 Å². The van der Waals surface area contributed by atoms with Crippen molar-refractivity contribution in [1.82, 2.24) is 19.9 Å². The SMILES string of the molecule is CCCCNC(=O)Nc1nc2c(cc(CC(=O)O)n2CC2CCCCC2)c(=O)[nH]1. The Balaban J connectivity index is 1.91. The number of carboxylic acid groups (broad SMARTS) is 1. The fourth-order valence-corrected chi connectivity index (χ4v) is 3.91. The molecule has 0 aromatic carbocycles. The smallest absolute Gasteiger partial charge is 0.321 e. The van der Waals surface area contributed by atoms with Gasteiger partial charge in [0.2, 0.25) is 5.95 Å². The van der Waals surface area contributed by atoms with Gasteiger partial charge in [0.25, 0.3) is 5.56 Å². The summed E-state index contributed by atoms with van der Waals surface area (Å²) in [5.74, 6) is -0.467. The van der Waals surface area contributed by atoms with E-state index in [0.29, 0.717) is 35.7 Å². The summed E-state index contributed by atoms with van der Waals surface area (Å²) in [5, 5.41) is 14.9. The van der Waals surface area contributed by atoms with E-state index in [9.17, 15) is 19.5 Å². The first kappa shape index (κ1) is 20.9. The third-order valence-electron chi connectivity index (χ3n) is 5.39. The van der Waals surface area contributed by atoms with Crippen LogP contribution in [0.25, 0.3) is 11.0 Å². The molecule has 1 aliphatic rings. The van der Waals surface area contributed by atoms with E-state index in [2.05, 4.69) is 20.6 Å². The number of aromatic nitrogens is 3. The number of urea groups is 1. The zero-order valence-electron chi connectivity index (χ0n) is 16.8. The molecule has 0 radical (unpaired) electrons. The summed E-state index contributed by atoms with van der Waals surface area (Å²) >= 11 is 0. The number of aliphatic carboxylic acids is 1. The van der Waals surface area contributed by atoms with Crippen LogP contribution in [0.4, 0.5) is 10.7 Å². The number of hydrogen-bond acceptors (Lipinski definition) is 4. The highest BCUT2D eigenvalue weighted by molar-refractivity contribution is 5.88. The van der Waals surface area contributed by atoms with Crippen LogP contribution in [0, 0.1) is 5.92 Å². The van der Waals surface area contributed by atoms with Crippen LogP contribution in [0.15, 0.2) is 10.9 Å². The predicted octanol–water partition coefficient (Wildman–Crippen LogP) is 2.85. The molecule has 9 heteroatoms. The Bertz CT molecular complexity index is 927. The average molecular weight is 403 g/mol. The van der Waals surface area contributed by atoms with Gasteiger partial charge >= 0.3 is 12.0 Å². The monoisotopic (exact) mass is 403 g/mol. The molecule has 2 aromatic heterocycles. The van der Waals surface area contributed by atoms with Gasteiger partial charge in [0.05, 0.1) is 11.8 Å². The number of rotatable bonds is 8. The van der Waals surface area contributed by atoms with Crippen LogP contribution >= 0.6 is 0 Å². The van der Waals surface area contributed by atoms with Crippen LogP contribution in [0.2, 0.25) is 0 Å². The lowest BCUT2D eigenvalue weighted by molar-refractivity contribution is -0.136. The number of carbonyl (C=O) groups is 2. The second kappa shape index (κ2) is 9.58. The van der Waals surface area contributed by atoms with Crippen molar-refractivity contribution in [1.29, 1.82) is 0 Å². The van der Waals surface area contributed by atoms with Crippen molar-refractivity contribution < 1.29 is 14.7 Å². The number of amides is 2. The molecule has 29 heavy (non-hydrogen) atoms. The van der Waals surface area contributed by atoms with Gasteiger partial charge in [-0.1, -0.05) is 32.6 Å². The highest BCUT2D eigenvalue weighted by Crippen LogP contribution is 2.27. The molecule has 4 N–H and O–H groups in total. The minimum atomic E-state index is -0.956. The summed E-state index contributed by atoms with van der Waals surface area (Å²) < 4.78 is 1.84. The molecular formula is C20H29N5O4. The summed E-state index contributed by atoms with van der Waals surface area (Å²) in [6.07, 6.45) is 7.36. The van der Waals surface area contributed by atoms with Gasteiger partial charge in [-0.05, 0) is 31.2 Å². The molecule has 2 aromatic rings. The van der Waals surface area contributed by atoms with Crippen molar-refractivity contribution in [2.24, 2.45) is 5.92 Å². The highest BCUT2D eigenvalue weighted by Gasteiger charge is 2.21. The lowest BCUT2D eigenvalue weighted by Gasteiger charge is -2.23. The Morgan fingerprint density at radius 2 is 2.07 bits per heavy atom. The third kappa shape index (κ3) is 5.36. The number of unbranched alkanes of at least 4 members (excludes halogenated alkanes) is 1. The number of anilines is 1. The highest BCUT2D eigenvalue weighted by atomic mass is 16.4. The maximum atomic E-state index is 12.6. The Kier molecular flexibility index (Phi) is 6.90. The molecule has 1 aliphatic carbocycles. The van der Waals surface area contributed by atoms with Gasteiger partial charge in [0.1, 0.15) is 5.65 Å². The summed E-state index contributed by atoms with van der Waals surface area (Å²) in [5.41, 5.74) is 0.577.